The van der Waals surface area contributed by atoms with E-state index in [1.165, 1.54) is 25.3 Å². The standard InChI is InChI=1S/C17H26N2O4S/c1-4-19-10-6-7-13(19)12-18-17(20)15-11-14(24(21,22)5-2)8-9-16(15)23-3/h8-9,11,13H,4-7,10,12H2,1-3H3,(H,18,20)/t13-/m0/s1. The van der Waals surface area contributed by atoms with Gasteiger partial charge in [-0.1, -0.05) is 13.8 Å². The number of ether oxygens (including phenoxy) is 1. The molecule has 1 atom stereocenters. The molecule has 7 heteroatoms. The molecule has 2 rings (SSSR count). The second kappa shape index (κ2) is 7.98. The third kappa shape index (κ3) is 4.08. The number of nitrogens with zero attached hydrogens (tertiary/aromatic N) is 1. The number of rotatable bonds is 7. The molecule has 0 spiro atoms. The lowest BCUT2D eigenvalue weighted by molar-refractivity contribution is 0.0938. The summed E-state index contributed by atoms with van der Waals surface area (Å²) in [5.74, 6) is 0.0674. The molecule has 6 nitrogen and oxygen atoms in total. The highest BCUT2D eigenvalue weighted by atomic mass is 32.2. The first-order valence-corrected chi connectivity index (χ1v) is 10.0. The van der Waals surface area contributed by atoms with Gasteiger partial charge in [-0.25, -0.2) is 8.42 Å². The molecule has 24 heavy (non-hydrogen) atoms. The van der Waals surface area contributed by atoms with Crippen LogP contribution in [0.15, 0.2) is 23.1 Å². The van der Waals surface area contributed by atoms with Crippen LogP contribution >= 0.6 is 0 Å². The van der Waals surface area contributed by atoms with E-state index in [9.17, 15) is 13.2 Å². The average molecular weight is 354 g/mol. The summed E-state index contributed by atoms with van der Waals surface area (Å²) in [5, 5.41) is 2.92. The zero-order valence-electron chi connectivity index (χ0n) is 14.5. The maximum Gasteiger partial charge on any atom is 0.255 e. The van der Waals surface area contributed by atoms with E-state index in [0.29, 0.717) is 18.3 Å². The number of likely N-dealkylation sites (tertiary alicyclic amines) is 1. The molecule has 134 valence electrons. The number of likely N-dealkylation sites (N-methyl/N-ethyl adjacent to an activating group) is 1. The Bertz CT molecular complexity index is 688. The summed E-state index contributed by atoms with van der Waals surface area (Å²) < 4.78 is 29.3. The Kier molecular flexibility index (Phi) is 6.23. The van der Waals surface area contributed by atoms with E-state index in [4.69, 9.17) is 4.74 Å². The molecule has 1 fully saturated rings. The highest BCUT2D eigenvalue weighted by molar-refractivity contribution is 7.91. The second-order valence-electron chi connectivity index (χ2n) is 5.90. The van der Waals surface area contributed by atoms with Gasteiger partial charge in [-0.3, -0.25) is 9.69 Å². The van der Waals surface area contributed by atoms with Gasteiger partial charge in [-0.2, -0.15) is 0 Å². The first kappa shape index (κ1) is 18.7. The maximum atomic E-state index is 12.5. The topological polar surface area (TPSA) is 75.7 Å². The van der Waals surface area contributed by atoms with Crippen molar-refractivity contribution in [2.24, 2.45) is 0 Å². The minimum Gasteiger partial charge on any atom is -0.496 e. The zero-order chi connectivity index (χ0) is 17.7. The van der Waals surface area contributed by atoms with Gasteiger partial charge in [0.25, 0.3) is 5.91 Å². The number of amides is 1. The van der Waals surface area contributed by atoms with Gasteiger partial charge in [0.05, 0.1) is 23.3 Å². The van der Waals surface area contributed by atoms with E-state index in [1.54, 1.807) is 6.92 Å². The molecule has 0 radical (unpaired) electrons. The van der Waals surface area contributed by atoms with Crippen molar-refractivity contribution in [2.75, 3.05) is 32.5 Å². The van der Waals surface area contributed by atoms with Crippen molar-refractivity contribution in [1.29, 1.82) is 0 Å². The number of methoxy groups -OCH3 is 1. The number of hydrogen-bond acceptors (Lipinski definition) is 5. The monoisotopic (exact) mass is 354 g/mol. The third-order valence-electron chi connectivity index (χ3n) is 4.56. The van der Waals surface area contributed by atoms with Crippen molar-refractivity contribution in [3.63, 3.8) is 0 Å². The minimum atomic E-state index is -3.37. The summed E-state index contributed by atoms with van der Waals surface area (Å²) in [4.78, 5) is 15.0. The Morgan fingerprint density at radius 3 is 2.75 bits per heavy atom. The van der Waals surface area contributed by atoms with Crippen molar-refractivity contribution < 1.29 is 17.9 Å². The first-order chi connectivity index (χ1) is 11.4. The Morgan fingerprint density at radius 2 is 2.12 bits per heavy atom. The molecular weight excluding hydrogens is 328 g/mol. The molecule has 0 saturated carbocycles. The minimum absolute atomic E-state index is 0.00603. The van der Waals surface area contributed by atoms with E-state index in [0.717, 1.165) is 25.9 Å². The Hall–Kier alpha value is -1.60. The quantitative estimate of drug-likeness (QED) is 0.807. The molecule has 1 heterocycles. The number of carbonyl (C=O) groups is 1. The van der Waals surface area contributed by atoms with Crippen LogP contribution in [0, 0.1) is 0 Å². The van der Waals surface area contributed by atoms with Crippen molar-refractivity contribution in [1.82, 2.24) is 10.2 Å². The molecular formula is C17H26N2O4S. The van der Waals surface area contributed by atoms with Crippen molar-refractivity contribution in [2.45, 2.75) is 37.6 Å². The Balaban J connectivity index is 2.17. The number of carbonyl (C=O) groups excluding carboxylic acids is 1. The fourth-order valence-electron chi connectivity index (χ4n) is 3.07. The molecule has 1 aliphatic heterocycles. The second-order valence-corrected chi connectivity index (χ2v) is 8.18. The number of nitrogens with one attached hydrogen (secondary N) is 1. The van der Waals surface area contributed by atoms with Crippen LogP contribution in [0.5, 0.6) is 5.75 Å². The van der Waals surface area contributed by atoms with Crippen molar-refractivity contribution in [3.8, 4) is 5.75 Å². The summed E-state index contributed by atoms with van der Waals surface area (Å²) >= 11 is 0. The summed E-state index contributed by atoms with van der Waals surface area (Å²) in [6, 6.07) is 4.75. The van der Waals surface area contributed by atoms with E-state index in [2.05, 4.69) is 17.1 Å². The summed E-state index contributed by atoms with van der Waals surface area (Å²) in [6.45, 7) is 6.28. The third-order valence-corrected chi connectivity index (χ3v) is 6.29. The Labute approximate surface area is 144 Å². The average Bonchev–Trinajstić information content (AvgIpc) is 3.06. The maximum absolute atomic E-state index is 12.5. The number of benzene rings is 1. The smallest absolute Gasteiger partial charge is 0.255 e. The van der Waals surface area contributed by atoms with Crippen LogP contribution in [-0.4, -0.2) is 57.8 Å². The van der Waals surface area contributed by atoms with Gasteiger partial charge < -0.3 is 10.1 Å². The molecule has 0 aromatic heterocycles. The lowest BCUT2D eigenvalue weighted by Gasteiger charge is -2.23. The van der Waals surface area contributed by atoms with E-state index >= 15 is 0 Å². The van der Waals surface area contributed by atoms with E-state index in [-0.39, 0.29) is 22.1 Å². The zero-order valence-corrected chi connectivity index (χ0v) is 15.4. The van der Waals surface area contributed by atoms with Crippen LogP contribution in [0.25, 0.3) is 0 Å². The van der Waals surface area contributed by atoms with Gasteiger partial charge >= 0.3 is 0 Å². The molecule has 1 aliphatic rings. The molecule has 1 saturated heterocycles. The largest absolute Gasteiger partial charge is 0.496 e. The van der Waals surface area contributed by atoms with Crippen LogP contribution in [0.1, 0.15) is 37.0 Å². The molecule has 1 aromatic rings. The molecule has 0 aliphatic carbocycles. The van der Waals surface area contributed by atoms with E-state index < -0.39 is 9.84 Å². The van der Waals surface area contributed by atoms with E-state index in [1.807, 2.05) is 0 Å². The summed E-state index contributed by atoms with van der Waals surface area (Å²) in [5.41, 5.74) is 0.257. The SMILES string of the molecule is CCN1CCC[C@H]1CNC(=O)c1cc(S(=O)(=O)CC)ccc1OC. The van der Waals surface area contributed by atoms with Gasteiger partial charge in [0, 0.05) is 12.6 Å². The Morgan fingerprint density at radius 1 is 1.38 bits per heavy atom. The summed E-state index contributed by atoms with van der Waals surface area (Å²) in [7, 11) is -1.90. The predicted octanol–water partition coefficient (Wildman–Crippen LogP) is 1.70. The van der Waals surface area contributed by atoms with Crippen LogP contribution in [-0.2, 0) is 9.84 Å². The fourth-order valence-corrected chi connectivity index (χ4v) is 3.98. The van der Waals surface area contributed by atoms with Crippen LogP contribution < -0.4 is 10.1 Å². The number of sulfone groups is 1. The van der Waals surface area contributed by atoms with Gasteiger partial charge in [0.2, 0.25) is 0 Å². The van der Waals surface area contributed by atoms with Crippen molar-refractivity contribution >= 4 is 15.7 Å². The van der Waals surface area contributed by atoms with Crippen LogP contribution in [0.3, 0.4) is 0 Å². The van der Waals surface area contributed by atoms with Gasteiger partial charge in [-0.15, -0.1) is 0 Å². The van der Waals surface area contributed by atoms with Gasteiger partial charge in [-0.05, 0) is 44.1 Å². The van der Waals surface area contributed by atoms with Gasteiger partial charge in [0.15, 0.2) is 9.84 Å². The fraction of sp³-hybridized carbons (Fsp3) is 0.588. The number of hydrogen-bond donors (Lipinski definition) is 1. The predicted molar refractivity (Wildman–Crippen MR) is 93.3 cm³/mol. The van der Waals surface area contributed by atoms with Crippen LogP contribution in [0.4, 0.5) is 0 Å². The molecule has 1 N–H and O–H groups in total. The summed E-state index contributed by atoms with van der Waals surface area (Å²) in [6.07, 6.45) is 2.21. The molecule has 0 unspecified atom stereocenters. The lowest BCUT2D eigenvalue weighted by atomic mass is 10.1. The molecule has 1 aromatic carbocycles. The highest BCUT2D eigenvalue weighted by Gasteiger charge is 2.24. The van der Waals surface area contributed by atoms with Gasteiger partial charge in [0.1, 0.15) is 5.75 Å². The lowest BCUT2D eigenvalue weighted by Crippen LogP contribution is -2.40. The van der Waals surface area contributed by atoms with Crippen LogP contribution in [0.2, 0.25) is 0 Å². The normalized spacial score (nSPS) is 18.5. The van der Waals surface area contributed by atoms with Crippen molar-refractivity contribution in [3.05, 3.63) is 23.8 Å². The first-order valence-electron chi connectivity index (χ1n) is 8.36. The highest BCUT2D eigenvalue weighted by Crippen LogP contribution is 2.23. The molecule has 1 amide bonds. The molecule has 0 bridgehead atoms.